The summed E-state index contributed by atoms with van der Waals surface area (Å²) in [5.74, 6) is 1.39. The standard InChI is InChI=1S/C21H17N5O2S/c1-12-3-4-14(11-22-12)21-25-18-8-6-16(10-20(18)26-21)29(27,28)15-5-7-17-19(9-15)24-13(2)23-17/h3-11H,1-2H3,(H,23,24)(H,25,26). The van der Waals surface area contributed by atoms with Gasteiger partial charge in [0.2, 0.25) is 9.84 Å². The molecule has 0 atom stereocenters. The topological polar surface area (TPSA) is 104 Å². The van der Waals surface area contributed by atoms with E-state index in [1.54, 1.807) is 42.6 Å². The first-order valence-corrected chi connectivity index (χ1v) is 10.5. The molecule has 29 heavy (non-hydrogen) atoms. The highest BCUT2D eigenvalue weighted by Crippen LogP contribution is 2.27. The normalized spacial score (nSPS) is 12.1. The Morgan fingerprint density at radius 3 is 2.10 bits per heavy atom. The molecular formula is C21H17N5O2S. The second-order valence-electron chi connectivity index (χ2n) is 6.96. The number of hydrogen-bond acceptors (Lipinski definition) is 5. The number of aryl methyl sites for hydroxylation is 2. The van der Waals surface area contributed by atoms with Crippen LogP contribution in [-0.2, 0) is 9.84 Å². The van der Waals surface area contributed by atoms with Crippen LogP contribution in [0.25, 0.3) is 33.5 Å². The molecule has 0 aliphatic carbocycles. The Morgan fingerprint density at radius 2 is 1.45 bits per heavy atom. The van der Waals surface area contributed by atoms with Crippen LogP contribution in [0.15, 0.2) is 64.5 Å². The average molecular weight is 403 g/mol. The van der Waals surface area contributed by atoms with Gasteiger partial charge in [0.15, 0.2) is 0 Å². The van der Waals surface area contributed by atoms with Crippen molar-refractivity contribution >= 4 is 31.9 Å². The van der Waals surface area contributed by atoms with Gasteiger partial charge < -0.3 is 9.97 Å². The van der Waals surface area contributed by atoms with E-state index in [1.165, 1.54) is 0 Å². The van der Waals surface area contributed by atoms with E-state index in [1.807, 2.05) is 26.0 Å². The smallest absolute Gasteiger partial charge is 0.206 e. The molecule has 0 bridgehead atoms. The van der Waals surface area contributed by atoms with Gasteiger partial charge in [-0.05, 0) is 62.4 Å². The van der Waals surface area contributed by atoms with E-state index >= 15 is 0 Å². The number of H-pyrrole nitrogens is 2. The van der Waals surface area contributed by atoms with Crippen LogP contribution < -0.4 is 0 Å². The zero-order valence-electron chi connectivity index (χ0n) is 15.8. The third-order valence-electron chi connectivity index (χ3n) is 4.83. The molecule has 0 spiro atoms. The van der Waals surface area contributed by atoms with Gasteiger partial charge in [-0.1, -0.05) is 0 Å². The molecule has 5 aromatic rings. The van der Waals surface area contributed by atoms with Crippen molar-refractivity contribution in [1.29, 1.82) is 0 Å². The minimum Gasteiger partial charge on any atom is -0.342 e. The lowest BCUT2D eigenvalue weighted by Crippen LogP contribution is -2.01. The predicted octanol–water partition coefficient (Wildman–Crippen LogP) is 3.95. The van der Waals surface area contributed by atoms with Crippen LogP contribution in [0.1, 0.15) is 11.5 Å². The maximum atomic E-state index is 13.2. The third-order valence-corrected chi connectivity index (χ3v) is 6.58. The summed E-state index contributed by atoms with van der Waals surface area (Å²) < 4.78 is 26.3. The monoisotopic (exact) mass is 403 g/mol. The van der Waals surface area contributed by atoms with E-state index < -0.39 is 9.84 Å². The molecule has 0 saturated carbocycles. The summed E-state index contributed by atoms with van der Waals surface area (Å²) in [4.78, 5) is 19.9. The second-order valence-corrected chi connectivity index (χ2v) is 8.91. The fraction of sp³-hybridized carbons (Fsp3) is 0.0952. The number of aromatic nitrogens is 5. The quantitative estimate of drug-likeness (QED) is 0.475. The van der Waals surface area contributed by atoms with E-state index in [-0.39, 0.29) is 9.79 Å². The zero-order valence-corrected chi connectivity index (χ0v) is 16.6. The van der Waals surface area contributed by atoms with Crippen LogP contribution in [0.4, 0.5) is 0 Å². The van der Waals surface area contributed by atoms with E-state index in [0.29, 0.717) is 22.4 Å². The lowest BCUT2D eigenvalue weighted by Gasteiger charge is -2.04. The summed E-state index contributed by atoms with van der Waals surface area (Å²) in [7, 11) is -3.68. The number of aromatic amines is 2. The van der Waals surface area contributed by atoms with Crippen molar-refractivity contribution < 1.29 is 8.42 Å². The zero-order chi connectivity index (χ0) is 20.2. The first kappa shape index (κ1) is 17.6. The molecule has 0 fully saturated rings. The van der Waals surface area contributed by atoms with Crippen LogP contribution >= 0.6 is 0 Å². The summed E-state index contributed by atoms with van der Waals surface area (Å²) in [6, 6.07) is 13.7. The van der Waals surface area contributed by atoms with Crippen molar-refractivity contribution in [2.45, 2.75) is 23.6 Å². The molecule has 0 amide bonds. The largest absolute Gasteiger partial charge is 0.342 e. The number of pyridine rings is 1. The first-order chi connectivity index (χ1) is 13.9. The van der Waals surface area contributed by atoms with Crippen molar-refractivity contribution in [3.63, 3.8) is 0 Å². The molecule has 0 unspecified atom stereocenters. The minimum atomic E-state index is -3.68. The number of imidazole rings is 2. The van der Waals surface area contributed by atoms with Gasteiger partial charge >= 0.3 is 0 Å². The molecule has 0 aliphatic rings. The van der Waals surface area contributed by atoms with Crippen LogP contribution in [0.5, 0.6) is 0 Å². The van der Waals surface area contributed by atoms with Gasteiger partial charge in [-0.25, -0.2) is 18.4 Å². The van der Waals surface area contributed by atoms with Crippen molar-refractivity contribution in [1.82, 2.24) is 24.9 Å². The lowest BCUT2D eigenvalue weighted by atomic mass is 10.2. The fourth-order valence-corrected chi connectivity index (χ4v) is 4.63. The molecule has 144 valence electrons. The highest BCUT2D eigenvalue weighted by molar-refractivity contribution is 7.91. The number of rotatable bonds is 3. The van der Waals surface area contributed by atoms with E-state index in [9.17, 15) is 8.42 Å². The van der Waals surface area contributed by atoms with Gasteiger partial charge in [0.05, 0.1) is 31.9 Å². The summed E-state index contributed by atoms with van der Waals surface area (Å²) >= 11 is 0. The van der Waals surface area contributed by atoms with E-state index in [4.69, 9.17) is 0 Å². The highest BCUT2D eigenvalue weighted by Gasteiger charge is 2.20. The number of sulfone groups is 1. The Labute approximate surface area is 166 Å². The highest BCUT2D eigenvalue weighted by atomic mass is 32.2. The third kappa shape index (κ3) is 2.98. The van der Waals surface area contributed by atoms with Crippen LogP contribution in [0.3, 0.4) is 0 Å². The second kappa shape index (κ2) is 6.25. The van der Waals surface area contributed by atoms with Gasteiger partial charge in [0.25, 0.3) is 0 Å². The van der Waals surface area contributed by atoms with Gasteiger partial charge in [0.1, 0.15) is 11.6 Å². The molecule has 5 rings (SSSR count). The molecule has 2 N–H and O–H groups in total. The van der Waals surface area contributed by atoms with Crippen molar-refractivity contribution in [2.24, 2.45) is 0 Å². The first-order valence-electron chi connectivity index (χ1n) is 9.04. The average Bonchev–Trinajstić information content (AvgIpc) is 3.29. The van der Waals surface area contributed by atoms with Crippen molar-refractivity contribution in [2.75, 3.05) is 0 Å². The number of hydrogen-bond donors (Lipinski definition) is 2. The Kier molecular flexibility index (Phi) is 3.78. The van der Waals surface area contributed by atoms with Crippen LogP contribution in [0.2, 0.25) is 0 Å². The molecule has 8 heteroatoms. The Hall–Kier alpha value is -3.52. The number of nitrogens with one attached hydrogen (secondary N) is 2. The van der Waals surface area contributed by atoms with E-state index in [0.717, 1.165) is 22.6 Å². The summed E-state index contributed by atoms with van der Waals surface area (Å²) in [6.07, 6.45) is 1.74. The maximum Gasteiger partial charge on any atom is 0.206 e. The number of fused-ring (bicyclic) bond motifs is 2. The molecule has 2 aromatic carbocycles. The minimum absolute atomic E-state index is 0.206. The molecule has 3 heterocycles. The summed E-state index contributed by atoms with van der Waals surface area (Å²) in [5, 5.41) is 0. The SMILES string of the molecule is Cc1ccc(-c2nc3ccc(S(=O)(=O)c4ccc5nc(C)[nH]c5c4)cc3[nH]2)cn1. The van der Waals surface area contributed by atoms with E-state index in [2.05, 4.69) is 24.9 Å². The molecule has 0 radical (unpaired) electrons. The lowest BCUT2D eigenvalue weighted by molar-refractivity contribution is 0.596. The van der Waals surface area contributed by atoms with Gasteiger partial charge in [-0.2, -0.15) is 0 Å². The van der Waals surface area contributed by atoms with Crippen molar-refractivity contribution in [3.05, 3.63) is 66.2 Å². The number of benzene rings is 2. The Balaban J connectivity index is 1.58. The molecule has 0 aliphatic heterocycles. The number of nitrogens with zero attached hydrogens (tertiary/aromatic N) is 3. The molecular weight excluding hydrogens is 386 g/mol. The molecule has 0 saturated heterocycles. The predicted molar refractivity (Wildman–Crippen MR) is 110 cm³/mol. The fourth-order valence-electron chi connectivity index (χ4n) is 3.32. The Bertz CT molecular complexity index is 1480. The van der Waals surface area contributed by atoms with Crippen LogP contribution in [-0.4, -0.2) is 33.3 Å². The molecule has 7 nitrogen and oxygen atoms in total. The van der Waals surface area contributed by atoms with Crippen LogP contribution in [0, 0.1) is 13.8 Å². The summed E-state index contributed by atoms with van der Waals surface area (Å²) in [6.45, 7) is 3.75. The summed E-state index contributed by atoms with van der Waals surface area (Å²) in [5.41, 5.74) is 4.54. The maximum absolute atomic E-state index is 13.2. The van der Waals surface area contributed by atoms with Crippen molar-refractivity contribution in [3.8, 4) is 11.4 Å². The Morgan fingerprint density at radius 1 is 0.793 bits per heavy atom. The van der Waals surface area contributed by atoms with Gasteiger partial charge in [-0.15, -0.1) is 0 Å². The molecule has 3 aromatic heterocycles. The van der Waals surface area contributed by atoms with Gasteiger partial charge in [0, 0.05) is 17.5 Å². The van der Waals surface area contributed by atoms with Gasteiger partial charge in [-0.3, -0.25) is 4.98 Å².